The van der Waals surface area contributed by atoms with Gasteiger partial charge in [-0.3, -0.25) is 0 Å². The largest absolute Gasteiger partial charge is 0.392 e. The zero-order valence-corrected chi connectivity index (χ0v) is 12.1. The first-order valence-corrected chi connectivity index (χ1v) is 6.70. The van der Waals surface area contributed by atoms with Gasteiger partial charge in [-0.1, -0.05) is 13.3 Å². The van der Waals surface area contributed by atoms with Gasteiger partial charge < -0.3 is 5.11 Å². The van der Waals surface area contributed by atoms with Crippen molar-refractivity contribution in [2.75, 3.05) is 0 Å². The Morgan fingerprint density at radius 2 is 1.95 bits per heavy atom. The van der Waals surface area contributed by atoms with Crippen LogP contribution in [0.2, 0.25) is 0 Å². The van der Waals surface area contributed by atoms with Crippen LogP contribution in [-0.2, 0) is 13.0 Å². The van der Waals surface area contributed by atoms with Gasteiger partial charge >= 0.3 is 0 Å². The van der Waals surface area contributed by atoms with E-state index in [1.165, 1.54) is 5.56 Å². The number of aryl methyl sites for hydroxylation is 2. The maximum absolute atomic E-state index is 9.37. The third-order valence-corrected chi connectivity index (χ3v) is 3.48. The summed E-state index contributed by atoms with van der Waals surface area (Å²) in [7, 11) is 0. The van der Waals surface area contributed by atoms with E-state index in [1.54, 1.807) is 0 Å². The predicted molar refractivity (Wildman–Crippen MR) is 75.5 cm³/mol. The van der Waals surface area contributed by atoms with Gasteiger partial charge in [0.2, 0.25) is 0 Å². The molecule has 19 heavy (non-hydrogen) atoms. The molecular weight excluding hydrogens is 238 g/mol. The predicted octanol–water partition coefficient (Wildman–Crippen LogP) is 2.64. The summed E-state index contributed by atoms with van der Waals surface area (Å²) in [6.45, 7) is 8.27. The highest BCUT2D eigenvalue weighted by Gasteiger charge is 2.11. The Kier molecular flexibility index (Phi) is 4.00. The summed E-state index contributed by atoms with van der Waals surface area (Å²) in [5, 5.41) is 13.9. The molecule has 2 heterocycles. The van der Waals surface area contributed by atoms with Gasteiger partial charge in [-0.2, -0.15) is 5.10 Å². The molecule has 0 atom stereocenters. The van der Waals surface area contributed by atoms with E-state index < -0.39 is 0 Å². The molecule has 102 valence electrons. The second-order valence-corrected chi connectivity index (χ2v) is 4.94. The fraction of sp³-hybridized carbons (Fsp3) is 0.467. The molecule has 0 aliphatic heterocycles. The lowest BCUT2D eigenvalue weighted by Gasteiger charge is -2.09. The monoisotopic (exact) mass is 259 g/mol. The first-order chi connectivity index (χ1) is 9.06. The van der Waals surface area contributed by atoms with Gasteiger partial charge in [0.05, 0.1) is 12.3 Å². The fourth-order valence-corrected chi connectivity index (χ4v) is 2.16. The van der Waals surface area contributed by atoms with Gasteiger partial charge in [-0.15, -0.1) is 0 Å². The minimum Gasteiger partial charge on any atom is -0.392 e. The average molecular weight is 259 g/mol. The van der Waals surface area contributed by atoms with Gasteiger partial charge in [0, 0.05) is 11.4 Å². The number of pyridine rings is 1. The molecule has 0 amide bonds. The minimum absolute atomic E-state index is 0.0323. The van der Waals surface area contributed by atoms with Gasteiger partial charge in [-0.25, -0.2) is 9.67 Å². The summed E-state index contributed by atoms with van der Waals surface area (Å²) in [5.74, 6) is 0.795. The topological polar surface area (TPSA) is 50.9 Å². The van der Waals surface area contributed by atoms with Crippen molar-refractivity contribution in [2.24, 2.45) is 0 Å². The van der Waals surface area contributed by atoms with Gasteiger partial charge in [0.25, 0.3) is 0 Å². The molecule has 0 aliphatic rings. The molecule has 0 saturated heterocycles. The highest BCUT2D eigenvalue weighted by molar-refractivity contribution is 5.35. The van der Waals surface area contributed by atoms with Crippen LogP contribution in [0.15, 0.2) is 12.1 Å². The summed E-state index contributed by atoms with van der Waals surface area (Å²) in [5.41, 5.74) is 5.20. The molecule has 4 nitrogen and oxygen atoms in total. The van der Waals surface area contributed by atoms with Crippen LogP contribution < -0.4 is 0 Å². The van der Waals surface area contributed by atoms with E-state index in [2.05, 4.69) is 23.9 Å². The van der Waals surface area contributed by atoms with E-state index >= 15 is 0 Å². The summed E-state index contributed by atoms with van der Waals surface area (Å²) in [6.07, 6.45) is 1.95. The van der Waals surface area contributed by atoms with Gasteiger partial charge in [-0.05, 0) is 50.5 Å². The number of nitrogens with zero attached hydrogens (tertiary/aromatic N) is 3. The number of aliphatic hydroxyl groups excluding tert-OH is 1. The maximum atomic E-state index is 9.37. The number of hydrogen-bond acceptors (Lipinski definition) is 3. The molecule has 2 rings (SSSR count). The first kappa shape index (κ1) is 13.7. The lowest BCUT2D eigenvalue weighted by molar-refractivity contribution is 0.281. The molecular formula is C15H21N3O. The fourth-order valence-electron chi connectivity index (χ4n) is 2.16. The summed E-state index contributed by atoms with van der Waals surface area (Å²) >= 11 is 0. The highest BCUT2D eigenvalue weighted by atomic mass is 16.3. The van der Waals surface area contributed by atoms with E-state index in [0.29, 0.717) is 0 Å². The van der Waals surface area contributed by atoms with Crippen LogP contribution in [0.4, 0.5) is 0 Å². The number of rotatable bonds is 4. The van der Waals surface area contributed by atoms with Crippen molar-refractivity contribution in [2.45, 2.75) is 47.1 Å². The zero-order chi connectivity index (χ0) is 14.0. The van der Waals surface area contributed by atoms with E-state index in [4.69, 9.17) is 0 Å². The van der Waals surface area contributed by atoms with E-state index in [9.17, 15) is 5.11 Å². The molecule has 0 saturated carbocycles. The summed E-state index contributed by atoms with van der Waals surface area (Å²) in [4.78, 5) is 4.65. The lowest BCUT2D eigenvalue weighted by Crippen LogP contribution is -2.06. The van der Waals surface area contributed by atoms with Crippen molar-refractivity contribution in [3.63, 3.8) is 0 Å². The SMILES string of the molecule is CCCc1cc(CO)cc(-n2nc(C)c(C)c2C)n1. The summed E-state index contributed by atoms with van der Waals surface area (Å²) in [6, 6.07) is 3.86. The number of hydrogen-bond donors (Lipinski definition) is 1. The van der Waals surface area contributed by atoms with Crippen molar-refractivity contribution in [3.8, 4) is 5.82 Å². The van der Waals surface area contributed by atoms with Crippen molar-refractivity contribution in [1.29, 1.82) is 0 Å². The maximum Gasteiger partial charge on any atom is 0.154 e. The molecule has 0 aliphatic carbocycles. The Bertz CT molecular complexity index is 587. The molecule has 0 radical (unpaired) electrons. The number of aromatic nitrogens is 3. The van der Waals surface area contributed by atoms with Crippen LogP contribution in [0.5, 0.6) is 0 Å². The van der Waals surface area contributed by atoms with Crippen molar-refractivity contribution in [1.82, 2.24) is 14.8 Å². The lowest BCUT2D eigenvalue weighted by atomic mass is 10.1. The molecule has 0 aromatic carbocycles. The molecule has 2 aromatic rings. The van der Waals surface area contributed by atoms with Crippen LogP contribution in [0.1, 0.15) is 41.6 Å². The molecule has 0 fully saturated rings. The van der Waals surface area contributed by atoms with Crippen LogP contribution in [0, 0.1) is 20.8 Å². The van der Waals surface area contributed by atoms with Crippen LogP contribution in [0.25, 0.3) is 5.82 Å². The van der Waals surface area contributed by atoms with Crippen molar-refractivity contribution >= 4 is 0 Å². The Morgan fingerprint density at radius 3 is 2.47 bits per heavy atom. The molecule has 1 N–H and O–H groups in total. The Hall–Kier alpha value is -1.68. The molecule has 0 spiro atoms. The molecule has 0 unspecified atom stereocenters. The number of aliphatic hydroxyl groups is 1. The Morgan fingerprint density at radius 1 is 1.21 bits per heavy atom. The first-order valence-electron chi connectivity index (χ1n) is 6.70. The van der Waals surface area contributed by atoms with Crippen molar-refractivity contribution in [3.05, 3.63) is 40.3 Å². The Balaban J connectivity index is 2.54. The van der Waals surface area contributed by atoms with Crippen LogP contribution in [-0.4, -0.2) is 19.9 Å². The van der Waals surface area contributed by atoms with Gasteiger partial charge in [0.15, 0.2) is 5.82 Å². The summed E-state index contributed by atoms with van der Waals surface area (Å²) < 4.78 is 1.86. The minimum atomic E-state index is 0.0323. The standard InChI is InChI=1S/C15H21N3O/c1-5-6-14-7-13(9-19)8-15(16-14)18-12(4)10(2)11(3)17-18/h7-8,19H,5-6,9H2,1-4H3. The second kappa shape index (κ2) is 5.53. The normalized spacial score (nSPS) is 11.0. The molecule has 4 heteroatoms. The van der Waals surface area contributed by atoms with E-state index in [-0.39, 0.29) is 6.61 Å². The molecule has 0 bridgehead atoms. The average Bonchev–Trinajstić information content (AvgIpc) is 2.66. The Labute approximate surface area is 114 Å². The third-order valence-electron chi connectivity index (χ3n) is 3.48. The van der Waals surface area contributed by atoms with Gasteiger partial charge in [0.1, 0.15) is 0 Å². The third kappa shape index (κ3) is 2.68. The zero-order valence-electron chi connectivity index (χ0n) is 12.1. The van der Waals surface area contributed by atoms with Crippen molar-refractivity contribution < 1.29 is 5.11 Å². The van der Waals surface area contributed by atoms with Crippen LogP contribution >= 0.6 is 0 Å². The van der Waals surface area contributed by atoms with E-state index in [1.807, 2.05) is 30.7 Å². The second-order valence-electron chi connectivity index (χ2n) is 4.94. The van der Waals surface area contributed by atoms with E-state index in [0.717, 1.165) is 41.3 Å². The quantitative estimate of drug-likeness (QED) is 0.918. The highest BCUT2D eigenvalue weighted by Crippen LogP contribution is 2.17. The molecule has 2 aromatic heterocycles. The smallest absolute Gasteiger partial charge is 0.154 e. The van der Waals surface area contributed by atoms with Crippen LogP contribution in [0.3, 0.4) is 0 Å².